The Labute approximate surface area is 125 Å². The van der Waals surface area contributed by atoms with E-state index in [1.165, 1.54) is 12.3 Å². The summed E-state index contributed by atoms with van der Waals surface area (Å²) in [6.45, 7) is 1.64. The Hall–Kier alpha value is -3.29. The van der Waals surface area contributed by atoms with Gasteiger partial charge in [-0.1, -0.05) is 11.3 Å². The van der Waals surface area contributed by atoms with Crippen LogP contribution in [-0.4, -0.2) is 24.9 Å². The minimum absolute atomic E-state index is 0.0382. The summed E-state index contributed by atoms with van der Waals surface area (Å²) in [5, 5.41) is 18.4. The van der Waals surface area contributed by atoms with Crippen molar-refractivity contribution >= 4 is 5.69 Å². The Morgan fingerprint density at radius 1 is 1.32 bits per heavy atom. The number of hydrogen-bond acceptors (Lipinski definition) is 6. The average molecular weight is 297 g/mol. The van der Waals surface area contributed by atoms with E-state index in [9.17, 15) is 10.1 Å². The van der Waals surface area contributed by atoms with E-state index >= 15 is 0 Å². The molecule has 8 nitrogen and oxygen atoms in total. The third kappa shape index (κ3) is 2.75. The average Bonchev–Trinajstić information content (AvgIpc) is 3.01. The third-order valence-electron chi connectivity index (χ3n) is 2.98. The van der Waals surface area contributed by atoms with Crippen LogP contribution in [-0.2, 0) is 0 Å². The van der Waals surface area contributed by atoms with Crippen molar-refractivity contribution in [1.29, 1.82) is 0 Å². The second kappa shape index (κ2) is 5.60. The van der Waals surface area contributed by atoms with Crippen LogP contribution in [0.2, 0.25) is 0 Å². The molecule has 0 aliphatic heterocycles. The Balaban J connectivity index is 1.86. The van der Waals surface area contributed by atoms with Crippen LogP contribution in [0.1, 0.15) is 5.56 Å². The largest absolute Gasteiger partial charge is 0.439 e. The molecule has 0 atom stereocenters. The molecule has 3 aromatic rings. The zero-order valence-corrected chi connectivity index (χ0v) is 11.6. The minimum Gasteiger partial charge on any atom is -0.439 e. The fraction of sp³-hybridized carbons (Fsp3) is 0.0714. The third-order valence-corrected chi connectivity index (χ3v) is 2.98. The molecule has 2 aromatic heterocycles. The maximum Gasteiger partial charge on any atom is 0.290 e. The summed E-state index contributed by atoms with van der Waals surface area (Å²) < 4.78 is 7.24. The summed E-state index contributed by atoms with van der Waals surface area (Å²) in [6.07, 6.45) is 4.48. The van der Waals surface area contributed by atoms with Gasteiger partial charge in [-0.05, 0) is 19.1 Å². The molecule has 8 heteroatoms. The summed E-state index contributed by atoms with van der Waals surface area (Å²) in [4.78, 5) is 14.3. The van der Waals surface area contributed by atoms with E-state index in [4.69, 9.17) is 4.74 Å². The number of aryl methyl sites for hydroxylation is 1. The summed E-state index contributed by atoms with van der Waals surface area (Å²) in [5.41, 5.74) is 1.24. The SMILES string of the molecule is Cc1cc(Oc2cccc(-n3ccnn3)c2)ncc1[N+](=O)[O-]. The van der Waals surface area contributed by atoms with Crippen molar-refractivity contribution in [3.63, 3.8) is 0 Å². The lowest BCUT2D eigenvalue weighted by Gasteiger charge is -2.07. The van der Waals surface area contributed by atoms with Gasteiger partial charge in [0, 0.05) is 17.7 Å². The van der Waals surface area contributed by atoms with Crippen molar-refractivity contribution in [2.75, 3.05) is 0 Å². The molecule has 0 radical (unpaired) electrons. The number of benzene rings is 1. The molecule has 0 saturated heterocycles. The predicted octanol–water partition coefficient (Wildman–Crippen LogP) is 2.67. The molecule has 0 aliphatic carbocycles. The van der Waals surface area contributed by atoms with Crippen molar-refractivity contribution in [2.45, 2.75) is 6.92 Å². The minimum atomic E-state index is -0.475. The van der Waals surface area contributed by atoms with E-state index in [1.807, 2.05) is 12.1 Å². The molecule has 110 valence electrons. The first kappa shape index (κ1) is 13.7. The van der Waals surface area contributed by atoms with Crippen LogP contribution in [0.15, 0.2) is 48.9 Å². The highest BCUT2D eigenvalue weighted by molar-refractivity contribution is 5.42. The topological polar surface area (TPSA) is 96.0 Å². The quantitative estimate of drug-likeness (QED) is 0.542. The Morgan fingerprint density at radius 3 is 2.86 bits per heavy atom. The molecule has 22 heavy (non-hydrogen) atoms. The van der Waals surface area contributed by atoms with Crippen LogP contribution < -0.4 is 4.74 Å². The van der Waals surface area contributed by atoms with Crippen LogP contribution in [0, 0.1) is 17.0 Å². The van der Waals surface area contributed by atoms with Crippen LogP contribution in [0.3, 0.4) is 0 Å². The van der Waals surface area contributed by atoms with E-state index in [0.717, 1.165) is 5.69 Å². The fourth-order valence-electron chi connectivity index (χ4n) is 1.93. The van der Waals surface area contributed by atoms with E-state index in [1.54, 1.807) is 36.1 Å². The zero-order chi connectivity index (χ0) is 15.5. The van der Waals surface area contributed by atoms with E-state index < -0.39 is 4.92 Å². The van der Waals surface area contributed by atoms with Crippen molar-refractivity contribution < 1.29 is 9.66 Å². The standard InChI is InChI=1S/C14H11N5O3/c1-10-7-14(15-9-13(10)19(20)21)22-12-4-2-3-11(8-12)18-6-5-16-17-18/h2-9H,1H3. The molecule has 0 aliphatic rings. The summed E-state index contributed by atoms with van der Waals surface area (Å²) in [5.74, 6) is 0.840. The van der Waals surface area contributed by atoms with Gasteiger partial charge in [-0.3, -0.25) is 10.1 Å². The van der Waals surface area contributed by atoms with Gasteiger partial charge in [-0.2, -0.15) is 0 Å². The second-order valence-corrected chi connectivity index (χ2v) is 4.51. The normalized spacial score (nSPS) is 10.4. The summed E-state index contributed by atoms with van der Waals surface area (Å²) >= 11 is 0. The van der Waals surface area contributed by atoms with Gasteiger partial charge in [0.25, 0.3) is 5.69 Å². The molecule has 0 fully saturated rings. The first-order valence-electron chi connectivity index (χ1n) is 6.39. The maximum atomic E-state index is 10.8. The molecule has 1 aromatic carbocycles. The van der Waals surface area contributed by atoms with Crippen molar-refractivity contribution in [3.05, 3.63) is 64.6 Å². The van der Waals surface area contributed by atoms with Gasteiger partial charge in [-0.25, -0.2) is 9.67 Å². The van der Waals surface area contributed by atoms with Gasteiger partial charge in [0.1, 0.15) is 11.9 Å². The second-order valence-electron chi connectivity index (χ2n) is 4.51. The highest BCUT2D eigenvalue weighted by Crippen LogP contribution is 2.25. The zero-order valence-electron chi connectivity index (χ0n) is 11.6. The van der Waals surface area contributed by atoms with E-state index in [2.05, 4.69) is 15.3 Å². The molecule has 0 saturated carbocycles. The number of nitrogens with zero attached hydrogens (tertiary/aromatic N) is 5. The highest BCUT2D eigenvalue weighted by atomic mass is 16.6. The Bertz CT molecular complexity index is 817. The van der Waals surface area contributed by atoms with Crippen LogP contribution in [0.25, 0.3) is 5.69 Å². The molecule has 3 rings (SSSR count). The van der Waals surface area contributed by atoms with E-state index in [-0.39, 0.29) is 5.69 Å². The number of ether oxygens (including phenoxy) is 1. The maximum absolute atomic E-state index is 10.8. The molecule has 2 heterocycles. The van der Waals surface area contributed by atoms with Gasteiger partial charge in [-0.15, -0.1) is 5.10 Å². The fourth-order valence-corrected chi connectivity index (χ4v) is 1.93. The van der Waals surface area contributed by atoms with Gasteiger partial charge in [0.15, 0.2) is 0 Å². The Morgan fingerprint density at radius 2 is 2.18 bits per heavy atom. The smallest absolute Gasteiger partial charge is 0.290 e. The van der Waals surface area contributed by atoms with Crippen molar-refractivity contribution in [2.24, 2.45) is 0 Å². The predicted molar refractivity (Wildman–Crippen MR) is 77.1 cm³/mol. The van der Waals surface area contributed by atoms with Gasteiger partial charge >= 0.3 is 0 Å². The molecule has 0 unspecified atom stereocenters. The van der Waals surface area contributed by atoms with Crippen molar-refractivity contribution in [1.82, 2.24) is 20.0 Å². The molecule has 0 spiro atoms. The van der Waals surface area contributed by atoms with Gasteiger partial charge in [0.05, 0.1) is 23.0 Å². The van der Waals surface area contributed by atoms with Gasteiger partial charge in [0.2, 0.25) is 5.88 Å². The molecule has 0 N–H and O–H groups in total. The van der Waals surface area contributed by atoms with Crippen LogP contribution in [0.4, 0.5) is 5.69 Å². The lowest BCUT2D eigenvalue weighted by atomic mass is 10.2. The molecular weight excluding hydrogens is 286 g/mol. The summed E-state index contributed by atoms with van der Waals surface area (Å²) in [6, 6.07) is 8.73. The van der Waals surface area contributed by atoms with Crippen molar-refractivity contribution in [3.8, 4) is 17.3 Å². The number of nitro groups is 1. The monoisotopic (exact) mass is 297 g/mol. The van der Waals surface area contributed by atoms with E-state index in [0.29, 0.717) is 17.2 Å². The molecule has 0 bridgehead atoms. The Kier molecular flexibility index (Phi) is 3.48. The highest BCUT2D eigenvalue weighted by Gasteiger charge is 2.12. The van der Waals surface area contributed by atoms with Gasteiger partial charge < -0.3 is 4.74 Å². The lowest BCUT2D eigenvalue weighted by molar-refractivity contribution is -0.385. The van der Waals surface area contributed by atoms with Crippen LogP contribution >= 0.6 is 0 Å². The lowest BCUT2D eigenvalue weighted by Crippen LogP contribution is -1.97. The molecule has 0 amide bonds. The first-order chi connectivity index (χ1) is 10.6. The number of pyridine rings is 1. The molecular formula is C14H11N5O3. The number of hydrogen-bond donors (Lipinski definition) is 0. The van der Waals surface area contributed by atoms with Crippen LogP contribution in [0.5, 0.6) is 11.6 Å². The summed E-state index contributed by atoms with van der Waals surface area (Å²) in [7, 11) is 0. The number of rotatable bonds is 4. The first-order valence-corrected chi connectivity index (χ1v) is 6.39. The number of aromatic nitrogens is 4.